The van der Waals surface area contributed by atoms with Crippen LogP contribution in [0.3, 0.4) is 0 Å². The number of amides is 1. The van der Waals surface area contributed by atoms with Crippen LogP contribution in [0.5, 0.6) is 0 Å². The van der Waals surface area contributed by atoms with E-state index in [-0.39, 0.29) is 5.57 Å². The minimum atomic E-state index is -0.492. The van der Waals surface area contributed by atoms with Gasteiger partial charge in [0.1, 0.15) is 23.2 Å². The van der Waals surface area contributed by atoms with E-state index in [0.29, 0.717) is 22.2 Å². The Morgan fingerprint density at radius 2 is 1.72 bits per heavy atom. The van der Waals surface area contributed by atoms with Gasteiger partial charge >= 0.3 is 0 Å². The third-order valence-electron chi connectivity index (χ3n) is 4.45. The molecule has 4 aromatic rings. The molecule has 0 fully saturated rings. The first kappa shape index (κ1) is 18.5. The number of nitrogens with zero attached hydrogens (tertiary/aromatic N) is 1. The number of benzene rings is 3. The van der Waals surface area contributed by atoms with Gasteiger partial charge < -0.3 is 9.73 Å². The van der Waals surface area contributed by atoms with Gasteiger partial charge in [0, 0.05) is 27.7 Å². The van der Waals surface area contributed by atoms with E-state index in [9.17, 15) is 10.1 Å². The summed E-state index contributed by atoms with van der Waals surface area (Å²) < 4.78 is 5.76. The number of hydrogen-bond acceptors (Lipinski definition) is 3. The highest BCUT2D eigenvalue weighted by Gasteiger charge is 2.13. The van der Waals surface area contributed by atoms with Crippen molar-refractivity contribution >= 4 is 40.0 Å². The van der Waals surface area contributed by atoms with Gasteiger partial charge in [-0.1, -0.05) is 48.0 Å². The van der Waals surface area contributed by atoms with Crippen molar-refractivity contribution in [2.75, 3.05) is 5.32 Å². The maximum Gasteiger partial charge on any atom is 0.266 e. The minimum Gasteiger partial charge on any atom is -0.457 e. The van der Waals surface area contributed by atoms with Crippen molar-refractivity contribution in [2.24, 2.45) is 0 Å². The third kappa shape index (κ3) is 4.06. The number of nitrogens with one attached hydrogen (secondary N) is 1. The highest BCUT2D eigenvalue weighted by Crippen LogP contribution is 2.26. The van der Waals surface area contributed by atoms with Crippen molar-refractivity contribution in [1.82, 2.24) is 0 Å². The summed E-state index contributed by atoms with van der Waals surface area (Å²) in [5.74, 6) is 0.549. The van der Waals surface area contributed by atoms with E-state index in [1.807, 2.05) is 54.6 Å². The zero-order valence-electron chi connectivity index (χ0n) is 15.2. The first-order chi connectivity index (χ1) is 14.1. The second-order valence-electron chi connectivity index (χ2n) is 6.36. The van der Waals surface area contributed by atoms with Crippen LogP contribution in [0.4, 0.5) is 5.69 Å². The molecule has 0 unspecified atom stereocenters. The van der Waals surface area contributed by atoms with Crippen LogP contribution in [-0.2, 0) is 4.79 Å². The van der Waals surface area contributed by atoms with Crippen molar-refractivity contribution in [2.45, 2.75) is 0 Å². The number of furan rings is 1. The van der Waals surface area contributed by atoms with E-state index in [1.54, 1.807) is 30.3 Å². The normalized spacial score (nSPS) is 11.2. The number of carbonyl (C=O) groups excluding carboxylic acids is 1. The topological polar surface area (TPSA) is 66.0 Å². The van der Waals surface area contributed by atoms with E-state index in [0.717, 1.165) is 16.3 Å². The third-order valence-corrected chi connectivity index (χ3v) is 4.70. The monoisotopic (exact) mass is 398 g/mol. The van der Waals surface area contributed by atoms with Crippen molar-refractivity contribution in [3.8, 4) is 17.4 Å². The summed E-state index contributed by atoms with van der Waals surface area (Å²) in [6.45, 7) is 0. The zero-order chi connectivity index (χ0) is 20.2. The van der Waals surface area contributed by atoms with Gasteiger partial charge in [0.15, 0.2) is 0 Å². The van der Waals surface area contributed by atoms with Crippen molar-refractivity contribution < 1.29 is 9.21 Å². The Balaban J connectivity index is 1.58. The van der Waals surface area contributed by atoms with E-state index in [1.165, 1.54) is 6.08 Å². The van der Waals surface area contributed by atoms with Crippen LogP contribution in [0.2, 0.25) is 5.02 Å². The summed E-state index contributed by atoms with van der Waals surface area (Å²) >= 11 is 5.91. The lowest BCUT2D eigenvalue weighted by Gasteiger charge is -2.08. The molecule has 1 heterocycles. The molecule has 29 heavy (non-hydrogen) atoms. The number of anilines is 1. The summed E-state index contributed by atoms with van der Waals surface area (Å²) in [6.07, 6.45) is 1.43. The SMILES string of the molecule is N#C/C(=C\c1ccc(-c2ccc(Cl)cc2)o1)C(=O)Nc1cccc2ccccc12. The predicted octanol–water partition coefficient (Wildman–Crippen LogP) is 6.30. The fourth-order valence-corrected chi connectivity index (χ4v) is 3.14. The molecule has 140 valence electrons. The van der Waals surface area contributed by atoms with Crippen LogP contribution in [0.1, 0.15) is 5.76 Å². The Hall–Kier alpha value is -3.81. The molecule has 0 atom stereocenters. The van der Waals surface area contributed by atoms with Gasteiger partial charge in [0.25, 0.3) is 5.91 Å². The molecule has 0 bridgehead atoms. The van der Waals surface area contributed by atoms with Gasteiger partial charge in [0.05, 0.1) is 0 Å². The fourth-order valence-electron chi connectivity index (χ4n) is 3.01. The first-order valence-electron chi connectivity index (χ1n) is 8.91. The number of hydrogen-bond donors (Lipinski definition) is 1. The molecule has 0 saturated heterocycles. The Labute approximate surface area is 172 Å². The van der Waals surface area contributed by atoms with Crippen LogP contribution < -0.4 is 5.32 Å². The lowest BCUT2D eigenvalue weighted by Crippen LogP contribution is -2.13. The maximum absolute atomic E-state index is 12.6. The fraction of sp³-hybridized carbons (Fsp3) is 0. The van der Waals surface area contributed by atoms with Crippen molar-refractivity contribution in [3.05, 3.63) is 95.2 Å². The molecule has 4 nitrogen and oxygen atoms in total. The standard InChI is InChI=1S/C24H15ClN2O2/c25-19-10-8-17(9-11-19)23-13-12-20(29-23)14-18(15-26)24(28)27-22-7-3-5-16-4-1-2-6-21(16)22/h1-14H,(H,27,28)/b18-14+. The average Bonchev–Trinajstić information content (AvgIpc) is 3.21. The second kappa shape index (κ2) is 8.05. The van der Waals surface area contributed by atoms with Crippen LogP contribution in [0, 0.1) is 11.3 Å². The lowest BCUT2D eigenvalue weighted by atomic mass is 10.1. The van der Waals surface area contributed by atoms with Gasteiger partial charge in [-0.15, -0.1) is 0 Å². The Morgan fingerprint density at radius 1 is 0.966 bits per heavy atom. The van der Waals surface area contributed by atoms with E-state index >= 15 is 0 Å². The van der Waals surface area contributed by atoms with Crippen LogP contribution >= 0.6 is 11.6 Å². The molecule has 0 aliphatic heterocycles. The highest BCUT2D eigenvalue weighted by molar-refractivity contribution is 6.30. The second-order valence-corrected chi connectivity index (χ2v) is 6.80. The van der Waals surface area contributed by atoms with Gasteiger partial charge in [-0.25, -0.2) is 0 Å². The first-order valence-corrected chi connectivity index (χ1v) is 9.28. The van der Waals surface area contributed by atoms with Crippen LogP contribution in [0.15, 0.2) is 88.9 Å². The molecular weight excluding hydrogens is 384 g/mol. The van der Waals surface area contributed by atoms with Crippen molar-refractivity contribution in [1.29, 1.82) is 5.26 Å². The maximum atomic E-state index is 12.6. The van der Waals surface area contributed by atoms with Gasteiger partial charge in [-0.2, -0.15) is 5.26 Å². The molecule has 0 aliphatic carbocycles. The summed E-state index contributed by atoms with van der Waals surface area (Å²) in [7, 11) is 0. The molecular formula is C24H15ClN2O2. The summed E-state index contributed by atoms with van der Waals surface area (Å²) in [6, 6.07) is 26.0. The predicted molar refractivity (Wildman–Crippen MR) is 115 cm³/mol. The molecule has 0 saturated carbocycles. The molecule has 1 amide bonds. The molecule has 4 rings (SSSR count). The van der Waals surface area contributed by atoms with Crippen molar-refractivity contribution in [3.63, 3.8) is 0 Å². The number of rotatable bonds is 4. The lowest BCUT2D eigenvalue weighted by molar-refractivity contribution is -0.112. The average molecular weight is 399 g/mol. The number of fused-ring (bicyclic) bond motifs is 1. The van der Waals surface area contributed by atoms with Crippen LogP contribution in [-0.4, -0.2) is 5.91 Å². The number of carbonyl (C=O) groups is 1. The molecule has 1 aromatic heterocycles. The van der Waals surface area contributed by atoms with Crippen LogP contribution in [0.25, 0.3) is 28.2 Å². The van der Waals surface area contributed by atoms with E-state index < -0.39 is 5.91 Å². The molecule has 0 spiro atoms. The molecule has 1 N–H and O–H groups in total. The smallest absolute Gasteiger partial charge is 0.266 e. The number of nitriles is 1. The molecule has 0 radical (unpaired) electrons. The van der Waals surface area contributed by atoms with E-state index in [2.05, 4.69) is 5.32 Å². The zero-order valence-corrected chi connectivity index (χ0v) is 16.0. The summed E-state index contributed by atoms with van der Waals surface area (Å²) in [4.78, 5) is 12.6. The Bertz CT molecular complexity index is 1260. The molecule has 3 aromatic carbocycles. The van der Waals surface area contributed by atoms with Gasteiger partial charge in [-0.05, 0) is 47.9 Å². The summed E-state index contributed by atoms with van der Waals surface area (Å²) in [5.41, 5.74) is 1.46. The quantitative estimate of drug-likeness (QED) is 0.324. The summed E-state index contributed by atoms with van der Waals surface area (Å²) in [5, 5.41) is 14.8. The highest BCUT2D eigenvalue weighted by atomic mass is 35.5. The molecule has 0 aliphatic rings. The van der Waals surface area contributed by atoms with Gasteiger partial charge in [-0.3, -0.25) is 4.79 Å². The molecule has 5 heteroatoms. The van der Waals surface area contributed by atoms with Gasteiger partial charge in [0.2, 0.25) is 0 Å². The Morgan fingerprint density at radius 3 is 2.52 bits per heavy atom. The number of halogens is 1. The largest absolute Gasteiger partial charge is 0.457 e. The minimum absolute atomic E-state index is 0.0464. The Kier molecular flexibility index (Phi) is 5.15. The van der Waals surface area contributed by atoms with E-state index in [4.69, 9.17) is 16.0 Å².